The fraction of sp³-hybridized carbons (Fsp3) is 0.133. The van der Waals surface area contributed by atoms with Crippen LogP contribution >= 0.6 is 34.8 Å². The molecule has 0 saturated carbocycles. The molecule has 3 nitrogen and oxygen atoms in total. The number of carbonyl (C=O) groups excluding carboxylic acids is 1. The zero-order valence-corrected chi connectivity index (χ0v) is 13.2. The van der Waals surface area contributed by atoms with Gasteiger partial charge in [-0.2, -0.15) is 0 Å². The molecule has 0 aromatic heterocycles. The number of ether oxygens (including phenoxy) is 1. The first kappa shape index (κ1) is 16.0. The summed E-state index contributed by atoms with van der Waals surface area (Å²) < 4.78 is 5.47. The zero-order chi connectivity index (χ0) is 15.2. The molecular formula is C15H12Cl3NO2. The second kappa shape index (κ2) is 7.55. The Morgan fingerprint density at radius 3 is 2.38 bits per heavy atom. The summed E-state index contributed by atoms with van der Waals surface area (Å²) in [5.74, 6) is 0.469. The molecule has 0 aliphatic heterocycles. The highest BCUT2D eigenvalue weighted by Crippen LogP contribution is 2.22. The molecular weight excluding hydrogens is 333 g/mol. The SMILES string of the molecule is O=C(NCCOc1ccc(Cl)cc1)c1ccc(Cl)c(Cl)c1. The topological polar surface area (TPSA) is 38.3 Å². The largest absolute Gasteiger partial charge is 0.492 e. The summed E-state index contributed by atoms with van der Waals surface area (Å²) in [6.07, 6.45) is 0. The molecule has 0 unspecified atom stereocenters. The van der Waals surface area contributed by atoms with Crippen LogP contribution in [0.3, 0.4) is 0 Å². The van der Waals surface area contributed by atoms with Crippen LogP contribution < -0.4 is 10.1 Å². The standard InChI is InChI=1S/C15H12Cl3NO2/c16-11-2-4-12(5-3-11)21-8-7-19-15(20)10-1-6-13(17)14(18)9-10/h1-6,9H,7-8H2,(H,19,20). The van der Waals surface area contributed by atoms with Gasteiger partial charge in [-0.1, -0.05) is 34.8 Å². The molecule has 110 valence electrons. The maximum absolute atomic E-state index is 11.9. The summed E-state index contributed by atoms with van der Waals surface area (Å²) in [6, 6.07) is 11.7. The van der Waals surface area contributed by atoms with Gasteiger partial charge in [-0.25, -0.2) is 0 Å². The van der Waals surface area contributed by atoms with E-state index in [1.807, 2.05) is 0 Å². The fourth-order valence-electron chi connectivity index (χ4n) is 1.60. The minimum absolute atomic E-state index is 0.228. The van der Waals surface area contributed by atoms with Crippen molar-refractivity contribution in [2.75, 3.05) is 13.2 Å². The van der Waals surface area contributed by atoms with E-state index < -0.39 is 0 Å². The van der Waals surface area contributed by atoms with Crippen LogP contribution in [-0.2, 0) is 0 Å². The number of rotatable bonds is 5. The molecule has 0 heterocycles. The normalized spacial score (nSPS) is 10.2. The Hall–Kier alpha value is -1.42. The highest BCUT2D eigenvalue weighted by molar-refractivity contribution is 6.42. The van der Waals surface area contributed by atoms with E-state index in [0.717, 1.165) is 0 Å². The number of hydrogen-bond donors (Lipinski definition) is 1. The Morgan fingerprint density at radius 2 is 1.71 bits per heavy atom. The van der Waals surface area contributed by atoms with Crippen molar-refractivity contribution in [3.63, 3.8) is 0 Å². The van der Waals surface area contributed by atoms with Gasteiger partial charge in [0.2, 0.25) is 0 Å². The lowest BCUT2D eigenvalue weighted by atomic mass is 10.2. The summed E-state index contributed by atoms with van der Waals surface area (Å²) >= 11 is 17.4. The zero-order valence-electron chi connectivity index (χ0n) is 10.9. The Bertz CT molecular complexity index is 629. The van der Waals surface area contributed by atoms with Crippen LogP contribution in [0.1, 0.15) is 10.4 Å². The van der Waals surface area contributed by atoms with E-state index in [2.05, 4.69) is 5.32 Å². The molecule has 0 aliphatic carbocycles. The highest BCUT2D eigenvalue weighted by Gasteiger charge is 2.07. The molecule has 1 N–H and O–H groups in total. The molecule has 0 saturated heterocycles. The number of amides is 1. The van der Waals surface area contributed by atoms with Crippen LogP contribution in [0.5, 0.6) is 5.75 Å². The van der Waals surface area contributed by atoms with Gasteiger partial charge in [-0.15, -0.1) is 0 Å². The molecule has 0 aliphatic rings. The van der Waals surface area contributed by atoms with Crippen LogP contribution in [0.4, 0.5) is 0 Å². The molecule has 2 aromatic rings. The molecule has 2 rings (SSSR count). The predicted octanol–water partition coefficient (Wildman–Crippen LogP) is 4.46. The van der Waals surface area contributed by atoms with Gasteiger partial charge in [0.05, 0.1) is 16.6 Å². The van der Waals surface area contributed by atoms with E-state index in [0.29, 0.717) is 39.5 Å². The van der Waals surface area contributed by atoms with E-state index in [9.17, 15) is 4.79 Å². The summed E-state index contributed by atoms with van der Waals surface area (Å²) in [7, 11) is 0. The van der Waals surface area contributed by atoms with Crippen LogP contribution in [-0.4, -0.2) is 19.1 Å². The third-order valence-electron chi connectivity index (χ3n) is 2.65. The van der Waals surface area contributed by atoms with E-state index in [1.165, 1.54) is 6.07 Å². The predicted molar refractivity (Wildman–Crippen MR) is 85.7 cm³/mol. The van der Waals surface area contributed by atoms with Gasteiger partial charge < -0.3 is 10.1 Å². The van der Waals surface area contributed by atoms with Gasteiger partial charge in [0.1, 0.15) is 12.4 Å². The Kier molecular flexibility index (Phi) is 5.74. The lowest BCUT2D eigenvalue weighted by Crippen LogP contribution is -2.28. The second-order valence-electron chi connectivity index (χ2n) is 4.19. The summed E-state index contributed by atoms with van der Waals surface area (Å²) in [6.45, 7) is 0.733. The van der Waals surface area contributed by atoms with Gasteiger partial charge in [-0.05, 0) is 42.5 Å². The van der Waals surface area contributed by atoms with Gasteiger partial charge in [0.25, 0.3) is 5.91 Å². The summed E-state index contributed by atoms with van der Waals surface area (Å²) in [5.41, 5.74) is 0.455. The lowest BCUT2D eigenvalue weighted by Gasteiger charge is -2.08. The molecule has 0 bridgehead atoms. The number of benzene rings is 2. The monoisotopic (exact) mass is 343 g/mol. The highest BCUT2D eigenvalue weighted by atomic mass is 35.5. The van der Waals surface area contributed by atoms with Crippen molar-refractivity contribution in [2.45, 2.75) is 0 Å². The average Bonchev–Trinajstić information content (AvgIpc) is 2.48. The Balaban J connectivity index is 1.79. The minimum atomic E-state index is -0.228. The first-order valence-corrected chi connectivity index (χ1v) is 7.31. The summed E-state index contributed by atoms with van der Waals surface area (Å²) in [4.78, 5) is 11.9. The van der Waals surface area contributed by atoms with Crippen molar-refractivity contribution in [1.82, 2.24) is 5.32 Å². The maximum atomic E-state index is 11.9. The number of hydrogen-bond acceptors (Lipinski definition) is 2. The van der Waals surface area contributed by atoms with Crippen LogP contribution in [0.25, 0.3) is 0 Å². The third-order valence-corrected chi connectivity index (χ3v) is 3.64. The molecule has 21 heavy (non-hydrogen) atoms. The number of carbonyl (C=O) groups is 1. The summed E-state index contributed by atoms with van der Waals surface area (Å²) in [5, 5.41) is 4.15. The van der Waals surface area contributed by atoms with Crippen LogP contribution in [0, 0.1) is 0 Å². The number of halogens is 3. The van der Waals surface area contributed by atoms with Crippen molar-refractivity contribution >= 4 is 40.7 Å². The molecule has 0 radical (unpaired) electrons. The minimum Gasteiger partial charge on any atom is -0.492 e. The van der Waals surface area contributed by atoms with Gasteiger partial charge >= 0.3 is 0 Å². The van der Waals surface area contributed by atoms with E-state index in [1.54, 1.807) is 36.4 Å². The van der Waals surface area contributed by atoms with Crippen molar-refractivity contribution in [1.29, 1.82) is 0 Å². The molecule has 6 heteroatoms. The second-order valence-corrected chi connectivity index (χ2v) is 5.44. The average molecular weight is 345 g/mol. The third kappa shape index (κ3) is 4.81. The van der Waals surface area contributed by atoms with Crippen molar-refractivity contribution in [3.05, 3.63) is 63.1 Å². The molecule has 0 atom stereocenters. The molecule has 1 amide bonds. The number of nitrogens with one attached hydrogen (secondary N) is 1. The molecule has 2 aromatic carbocycles. The Labute approximate surface area is 137 Å². The van der Waals surface area contributed by atoms with Crippen LogP contribution in [0.15, 0.2) is 42.5 Å². The van der Waals surface area contributed by atoms with Gasteiger partial charge in [-0.3, -0.25) is 4.79 Å². The Morgan fingerprint density at radius 1 is 1.00 bits per heavy atom. The van der Waals surface area contributed by atoms with E-state index in [4.69, 9.17) is 39.5 Å². The van der Waals surface area contributed by atoms with Crippen molar-refractivity contribution < 1.29 is 9.53 Å². The van der Waals surface area contributed by atoms with Gasteiger partial charge in [0, 0.05) is 10.6 Å². The van der Waals surface area contributed by atoms with E-state index in [-0.39, 0.29) is 5.91 Å². The van der Waals surface area contributed by atoms with E-state index >= 15 is 0 Å². The van der Waals surface area contributed by atoms with Gasteiger partial charge in [0.15, 0.2) is 0 Å². The van der Waals surface area contributed by atoms with Crippen LogP contribution in [0.2, 0.25) is 15.1 Å². The molecule has 0 spiro atoms. The van der Waals surface area contributed by atoms with Crippen molar-refractivity contribution in [2.24, 2.45) is 0 Å². The quantitative estimate of drug-likeness (QED) is 0.814. The maximum Gasteiger partial charge on any atom is 0.251 e. The smallest absolute Gasteiger partial charge is 0.251 e. The van der Waals surface area contributed by atoms with Crippen molar-refractivity contribution in [3.8, 4) is 5.75 Å². The first-order valence-electron chi connectivity index (χ1n) is 6.18. The molecule has 0 fully saturated rings. The fourth-order valence-corrected chi connectivity index (χ4v) is 2.03. The first-order chi connectivity index (χ1) is 10.1. The lowest BCUT2D eigenvalue weighted by molar-refractivity contribution is 0.0947.